The first-order valence-corrected chi connectivity index (χ1v) is 8.33. The van der Waals surface area contributed by atoms with E-state index in [-0.39, 0.29) is 5.41 Å². The van der Waals surface area contributed by atoms with Gasteiger partial charge in [-0.3, -0.25) is 0 Å². The third kappa shape index (κ3) is 2.07. The van der Waals surface area contributed by atoms with Gasteiger partial charge in [-0.1, -0.05) is 90.5 Å². The molecule has 0 radical (unpaired) electrons. The van der Waals surface area contributed by atoms with Gasteiger partial charge in [-0.05, 0) is 40.8 Å². The van der Waals surface area contributed by atoms with Crippen molar-refractivity contribution in [2.75, 3.05) is 0 Å². The first kappa shape index (κ1) is 14.7. The highest BCUT2D eigenvalue weighted by molar-refractivity contribution is 5.98. The van der Waals surface area contributed by atoms with Gasteiger partial charge in [0.25, 0.3) is 0 Å². The number of benzene rings is 3. The molecule has 0 amide bonds. The molecule has 0 N–H and O–H groups in total. The molecule has 1 atom stereocenters. The van der Waals surface area contributed by atoms with Crippen molar-refractivity contribution in [2.24, 2.45) is 0 Å². The van der Waals surface area contributed by atoms with Gasteiger partial charge in [0, 0.05) is 0 Å². The fourth-order valence-electron chi connectivity index (χ4n) is 3.79. The van der Waals surface area contributed by atoms with Crippen molar-refractivity contribution in [3.05, 3.63) is 119 Å². The Morgan fingerprint density at radius 2 is 1.46 bits per heavy atom. The van der Waals surface area contributed by atoms with Crippen molar-refractivity contribution in [3.63, 3.8) is 0 Å². The smallest absolute Gasteiger partial charge is 0.0641 e. The fourth-order valence-corrected chi connectivity index (χ4v) is 3.79. The first-order chi connectivity index (χ1) is 11.8. The summed E-state index contributed by atoms with van der Waals surface area (Å²) in [5, 5.41) is 0. The van der Waals surface area contributed by atoms with Crippen LogP contribution in [0.2, 0.25) is 0 Å². The molecule has 0 heteroatoms. The minimum absolute atomic E-state index is 0.299. The van der Waals surface area contributed by atoms with Gasteiger partial charge >= 0.3 is 0 Å². The first-order valence-electron chi connectivity index (χ1n) is 8.33. The van der Waals surface area contributed by atoms with Gasteiger partial charge < -0.3 is 0 Å². The molecule has 0 heterocycles. The Labute approximate surface area is 143 Å². The van der Waals surface area contributed by atoms with E-state index in [1.807, 2.05) is 0 Å². The van der Waals surface area contributed by atoms with Gasteiger partial charge in [0.1, 0.15) is 0 Å². The standard InChI is InChI=1S/C24H20/c1-3-24(21-10-5-4-6-11-21)22-12-8-7-9-20(22)17-23(24)19-15-13-18(2)14-16-19/h3-17H,1H2,2H3. The lowest BCUT2D eigenvalue weighted by Crippen LogP contribution is -2.24. The Hall–Kier alpha value is -2.86. The van der Waals surface area contributed by atoms with E-state index in [4.69, 9.17) is 0 Å². The SMILES string of the molecule is C=CC1(c2ccccc2)C(c2ccc(C)cc2)=Cc2ccccc21. The normalized spacial score (nSPS) is 18.8. The highest BCUT2D eigenvalue weighted by Gasteiger charge is 2.40. The van der Waals surface area contributed by atoms with Crippen molar-refractivity contribution >= 4 is 11.6 Å². The predicted octanol–water partition coefficient (Wildman–Crippen LogP) is 6.02. The van der Waals surface area contributed by atoms with E-state index in [9.17, 15) is 0 Å². The second-order valence-electron chi connectivity index (χ2n) is 6.39. The predicted molar refractivity (Wildman–Crippen MR) is 103 cm³/mol. The third-order valence-electron chi connectivity index (χ3n) is 5.01. The van der Waals surface area contributed by atoms with E-state index in [1.165, 1.54) is 33.4 Å². The number of fused-ring (bicyclic) bond motifs is 1. The highest BCUT2D eigenvalue weighted by Crippen LogP contribution is 2.51. The van der Waals surface area contributed by atoms with Crippen molar-refractivity contribution < 1.29 is 0 Å². The quantitative estimate of drug-likeness (QED) is 0.519. The molecular formula is C24H20. The average Bonchev–Trinajstić information content (AvgIpc) is 2.98. The van der Waals surface area contributed by atoms with Crippen LogP contribution in [0.4, 0.5) is 0 Å². The summed E-state index contributed by atoms with van der Waals surface area (Å²) >= 11 is 0. The van der Waals surface area contributed by atoms with Crippen LogP contribution in [0.25, 0.3) is 11.6 Å². The minimum atomic E-state index is -0.299. The van der Waals surface area contributed by atoms with Crippen LogP contribution in [0, 0.1) is 6.92 Å². The van der Waals surface area contributed by atoms with Crippen LogP contribution in [0.1, 0.15) is 27.8 Å². The average molecular weight is 308 g/mol. The van der Waals surface area contributed by atoms with Gasteiger partial charge in [-0.15, -0.1) is 6.58 Å². The lowest BCUT2D eigenvalue weighted by molar-refractivity contribution is 0.856. The number of rotatable bonds is 3. The molecule has 24 heavy (non-hydrogen) atoms. The van der Waals surface area contributed by atoms with E-state index >= 15 is 0 Å². The second kappa shape index (κ2) is 5.65. The van der Waals surface area contributed by atoms with Gasteiger partial charge in [0.05, 0.1) is 5.41 Å². The molecule has 0 nitrogen and oxygen atoms in total. The maximum absolute atomic E-state index is 4.24. The molecular weight excluding hydrogens is 288 g/mol. The van der Waals surface area contributed by atoms with Crippen molar-refractivity contribution in [1.29, 1.82) is 0 Å². The van der Waals surface area contributed by atoms with Crippen LogP contribution in [0.15, 0.2) is 91.5 Å². The Balaban J connectivity index is 2.01. The van der Waals surface area contributed by atoms with Gasteiger partial charge in [-0.25, -0.2) is 0 Å². The Morgan fingerprint density at radius 3 is 2.17 bits per heavy atom. The zero-order valence-corrected chi connectivity index (χ0v) is 13.9. The summed E-state index contributed by atoms with van der Waals surface area (Å²) in [6.07, 6.45) is 4.41. The number of aryl methyl sites for hydroxylation is 1. The summed E-state index contributed by atoms with van der Waals surface area (Å²) < 4.78 is 0. The molecule has 4 rings (SSSR count). The van der Waals surface area contributed by atoms with E-state index < -0.39 is 0 Å². The number of hydrogen-bond donors (Lipinski definition) is 0. The van der Waals surface area contributed by atoms with Crippen molar-refractivity contribution in [2.45, 2.75) is 12.3 Å². The molecule has 3 aromatic carbocycles. The van der Waals surface area contributed by atoms with Crippen LogP contribution >= 0.6 is 0 Å². The Kier molecular flexibility index (Phi) is 3.46. The largest absolute Gasteiger partial charge is 0.102 e. The summed E-state index contributed by atoms with van der Waals surface area (Å²) in [7, 11) is 0. The molecule has 0 aliphatic heterocycles. The highest BCUT2D eigenvalue weighted by atomic mass is 14.4. The summed E-state index contributed by atoms with van der Waals surface area (Å²) in [4.78, 5) is 0. The molecule has 0 aromatic heterocycles. The molecule has 116 valence electrons. The Morgan fingerprint density at radius 1 is 0.792 bits per heavy atom. The van der Waals surface area contributed by atoms with Crippen LogP contribution in [-0.4, -0.2) is 0 Å². The molecule has 1 aliphatic carbocycles. The summed E-state index contributed by atoms with van der Waals surface area (Å²) in [5.74, 6) is 0. The molecule has 0 spiro atoms. The molecule has 0 fully saturated rings. The lowest BCUT2D eigenvalue weighted by atomic mass is 9.70. The lowest BCUT2D eigenvalue weighted by Gasteiger charge is -2.32. The van der Waals surface area contributed by atoms with Gasteiger partial charge in [-0.2, -0.15) is 0 Å². The van der Waals surface area contributed by atoms with E-state index in [1.54, 1.807) is 0 Å². The summed E-state index contributed by atoms with van der Waals surface area (Å²) in [6.45, 7) is 6.37. The van der Waals surface area contributed by atoms with Crippen LogP contribution in [0.5, 0.6) is 0 Å². The molecule has 0 saturated carbocycles. The molecule has 1 aliphatic rings. The van der Waals surface area contributed by atoms with Crippen molar-refractivity contribution in [1.82, 2.24) is 0 Å². The zero-order chi connectivity index (χ0) is 16.6. The van der Waals surface area contributed by atoms with Crippen LogP contribution in [0.3, 0.4) is 0 Å². The topological polar surface area (TPSA) is 0 Å². The molecule has 0 bridgehead atoms. The third-order valence-corrected chi connectivity index (χ3v) is 5.01. The maximum Gasteiger partial charge on any atom is 0.0641 e. The summed E-state index contributed by atoms with van der Waals surface area (Å²) in [6, 6.07) is 28.1. The molecule has 1 unspecified atom stereocenters. The van der Waals surface area contributed by atoms with Crippen LogP contribution < -0.4 is 0 Å². The second-order valence-corrected chi connectivity index (χ2v) is 6.39. The number of allylic oxidation sites excluding steroid dienone is 2. The molecule has 3 aromatic rings. The van der Waals surface area contributed by atoms with Crippen LogP contribution in [-0.2, 0) is 5.41 Å². The van der Waals surface area contributed by atoms with E-state index in [0.717, 1.165) is 0 Å². The minimum Gasteiger partial charge on any atom is -0.102 e. The summed E-state index contributed by atoms with van der Waals surface area (Å²) in [5.41, 5.74) is 7.37. The van der Waals surface area contributed by atoms with Gasteiger partial charge in [0.15, 0.2) is 0 Å². The monoisotopic (exact) mass is 308 g/mol. The fraction of sp³-hybridized carbons (Fsp3) is 0.0833. The van der Waals surface area contributed by atoms with Gasteiger partial charge in [0.2, 0.25) is 0 Å². The van der Waals surface area contributed by atoms with Crippen molar-refractivity contribution in [3.8, 4) is 0 Å². The van der Waals surface area contributed by atoms with E-state index in [2.05, 4.69) is 105 Å². The zero-order valence-electron chi connectivity index (χ0n) is 13.9. The Bertz CT molecular complexity index is 914. The number of hydrogen-bond acceptors (Lipinski definition) is 0. The van der Waals surface area contributed by atoms with E-state index in [0.29, 0.717) is 0 Å². The molecule has 0 saturated heterocycles. The maximum atomic E-state index is 4.24.